The van der Waals surface area contributed by atoms with Crippen LogP contribution < -0.4 is 4.90 Å². The summed E-state index contributed by atoms with van der Waals surface area (Å²) in [7, 11) is 1.70. The van der Waals surface area contributed by atoms with Gasteiger partial charge in [0.1, 0.15) is 5.82 Å². The minimum absolute atomic E-state index is 0.231. The van der Waals surface area contributed by atoms with Crippen LogP contribution in [-0.4, -0.2) is 26.3 Å². The van der Waals surface area contributed by atoms with E-state index in [1.807, 2.05) is 6.07 Å². The molecule has 19 heavy (non-hydrogen) atoms. The Labute approximate surface area is 119 Å². The zero-order chi connectivity index (χ0) is 13.8. The molecule has 1 aromatic rings. The lowest BCUT2D eigenvalue weighted by atomic mass is 10.1. The van der Waals surface area contributed by atoms with Gasteiger partial charge >= 0.3 is 0 Å². The SMILES string of the molecule is COCCN(c1ccc(F)cc1CCl)C(C)C1CC1. The van der Waals surface area contributed by atoms with Gasteiger partial charge in [0.25, 0.3) is 0 Å². The van der Waals surface area contributed by atoms with E-state index in [0.29, 0.717) is 18.5 Å². The molecule has 1 unspecified atom stereocenters. The van der Waals surface area contributed by atoms with Gasteiger partial charge in [-0.25, -0.2) is 4.39 Å². The molecular weight excluding hydrogens is 265 g/mol. The third-order valence-electron chi connectivity index (χ3n) is 3.83. The average Bonchev–Trinajstić information content (AvgIpc) is 3.24. The Bertz CT molecular complexity index is 423. The molecule has 0 saturated heterocycles. The molecule has 0 bridgehead atoms. The molecule has 0 amide bonds. The molecule has 1 atom stereocenters. The summed E-state index contributed by atoms with van der Waals surface area (Å²) < 4.78 is 18.5. The van der Waals surface area contributed by atoms with Crippen molar-refractivity contribution in [2.45, 2.75) is 31.7 Å². The van der Waals surface area contributed by atoms with Crippen molar-refractivity contribution < 1.29 is 9.13 Å². The van der Waals surface area contributed by atoms with Crippen LogP contribution in [0.1, 0.15) is 25.3 Å². The summed E-state index contributed by atoms with van der Waals surface area (Å²) >= 11 is 5.96. The van der Waals surface area contributed by atoms with Crippen LogP contribution in [0.5, 0.6) is 0 Å². The first kappa shape index (κ1) is 14.6. The highest BCUT2D eigenvalue weighted by Gasteiger charge is 2.32. The van der Waals surface area contributed by atoms with Crippen molar-refractivity contribution in [3.8, 4) is 0 Å². The quantitative estimate of drug-likeness (QED) is 0.706. The van der Waals surface area contributed by atoms with Crippen LogP contribution in [0.2, 0.25) is 0 Å². The minimum Gasteiger partial charge on any atom is -0.383 e. The predicted octanol–water partition coefficient (Wildman–Crippen LogP) is 3.82. The summed E-state index contributed by atoms with van der Waals surface area (Å²) in [5.74, 6) is 0.837. The second kappa shape index (κ2) is 6.58. The number of hydrogen-bond donors (Lipinski definition) is 0. The maximum absolute atomic E-state index is 13.3. The van der Waals surface area contributed by atoms with E-state index in [2.05, 4.69) is 11.8 Å². The first-order valence-electron chi connectivity index (χ1n) is 6.77. The lowest BCUT2D eigenvalue weighted by Crippen LogP contribution is -2.37. The van der Waals surface area contributed by atoms with Gasteiger partial charge in [-0.05, 0) is 49.4 Å². The predicted molar refractivity (Wildman–Crippen MR) is 77.4 cm³/mol. The highest BCUT2D eigenvalue weighted by atomic mass is 35.5. The summed E-state index contributed by atoms with van der Waals surface area (Å²) in [6, 6.07) is 5.32. The first-order chi connectivity index (χ1) is 9.17. The fourth-order valence-electron chi connectivity index (χ4n) is 2.51. The Hall–Kier alpha value is -0.800. The van der Waals surface area contributed by atoms with E-state index >= 15 is 0 Å². The van der Waals surface area contributed by atoms with Crippen molar-refractivity contribution >= 4 is 17.3 Å². The molecule has 0 aliphatic heterocycles. The van der Waals surface area contributed by atoms with Crippen LogP contribution in [0.4, 0.5) is 10.1 Å². The van der Waals surface area contributed by atoms with Gasteiger partial charge in [-0.1, -0.05) is 0 Å². The molecule has 2 nitrogen and oxygen atoms in total. The van der Waals surface area contributed by atoms with Crippen LogP contribution in [0.3, 0.4) is 0 Å². The lowest BCUT2D eigenvalue weighted by Gasteiger charge is -2.33. The molecule has 4 heteroatoms. The number of benzene rings is 1. The molecule has 0 spiro atoms. The largest absolute Gasteiger partial charge is 0.383 e. The Kier molecular flexibility index (Phi) is 5.06. The first-order valence-corrected chi connectivity index (χ1v) is 7.30. The normalized spacial score (nSPS) is 16.4. The number of hydrogen-bond acceptors (Lipinski definition) is 2. The number of ether oxygens (including phenoxy) is 1. The highest BCUT2D eigenvalue weighted by Crippen LogP contribution is 2.38. The van der Waals surface area contributed by atoms with Gasteiger partial charge in [-0.3, -0.25) is 0 Å². The Morgan fingerprint density at radius 3 is 2.79 bits per heavy atom. The van der Waals surface area contributed by atoms with Crippen LogP contribution in [-0.2, 0) is 10.6 Å². The van der Waals surface area contributed by atoms with E-state index in [1.54, 1.807) is 7.11 Å². The Morgan fingerprint density at radius 2 is 2.21 bits per heavy atom. The molecule has 0 N–H and O–H groups in total. The zero-order valence-corrected chi connectivity index (χ0v) is 12.3. The summed E-state index contributed by atoms with van der Waals surface area (Å²) in [6.45, 7) is 3.70. The maximum Gasteiger partial charge on any atom is 0.123 e. The molecule has 1 aromatic carbocycles. The van der Waals surface area contributed by atoms with Gasteiger partial charge in [0.15, 0.2) is 0 Å². The monoisotopic (exact) mass is 285 g/mol. The van der Waals surface area contributed by atoms with Crippen LogP contribution in [0.15, 0.2) is 18.2 Å². The number of nitrogens with zero attached hydrogens (tertiary/aromatic N) is 1. The molecule has 0 aromatic heterocycles. The topological polar surface area (TPSA) is 12.5 Å². The molecule has 2 rings (SSSR count). The van der Waals surface area contributed by atoms with Crippen molar-refractivity contribution in [3.63, 3.8) is 0 Å². The molecule has 0 radical (unpaired) electrons. The second-order valence-corrected chi connectivity index (χ2v) is 5.44. The zero-order valence-electron chi connectivity index (χ0n) is 11.5. The number of methoxy groups -OCH3 is 1. The van der Waals surface area contributed by atoms with Crippen LogP contribution in [0, 0.1) is 11.7 Å². The van der Waals surface area contributed by atoms with E-state index in [-0.39, 0.29) is 5.82 Å². The van der Waals surface area contributed by atoms with E-state index in [1.165, 1.54) is 25.0 Å². The van der Waals surface area contributed by atoms with Crippen molar-refractivity contribution in [2.24, 2.45) is 5.92 Å². The van der Waals surface area contributed by atoms with Gasteiger partial charge in [-0.2, -0.15) is 0 Å². The molecule has 0 heterocycles. The lowest BCUT2D eigenvalue weighted by molar-refractivity contribution is 0.202. The number of anilines is 1. The number of alkyl halides is 1. The molecule has 1 aliphatic carbocycles. The standard InChI is InChI=1S/C15H21ClFNO/c1-11(12-3-4-12)18(7-8-19-2)15-6-5-14(17)9-13(15)10-16/h5-6,9,11-12H,3-4,7-8,10H2,1-2H3. The third-order valence-corrected chi connectivity index (χ3v) is 4.12. The highest BCUT2D eigenvalue weighted by molar-refractivity contribution is 6.17. The number of rotatable bonds is 7. The van der Waals surface area contributed by atoms with E-state index in [0.717, 1.165) is 23.7 Å². The average molecular weight is 286 g/mol. The van der Waals surface area contributed by atoms with Crippen LogP contribution in [0.25, 0.3) is 0 Å². The van der Waals surface area contributed by atoms with Gasteiger partial charge in [0.05, 0.1) is 6.61 Å². The molecule has 1 fully saturated rings. The van der Waals surface area contributed by atoms with Crippen molar-refractivity contribution in [1.82, 2.24) is 0 Å². The van der Waals surface area contributed by atoms with Crippen molar-refractivity contribution in [1.29, 1.82) is 0 Å². The maximum atomic E-state index is 13.3. The summed E-state index contributed by atoms with van der Waals surface area (Å²) in [5, 5.41) is 0. The molecule has 1 saturated carbocycles. The Balaban J connectivity index is 2.25. The van der Waals surface area contributed by atoms with Gasteiger partial charge in [0.2, 0.25) is 0 Å². The molecule has 106 valence electrons. The van der Waals surface area contributed by atoms with Gasteiger partial charge < -0.3 is 9.64 Å². The van der Waals surface area contributed by atoms with Gasteiger partial charge in [0, 0.05) is 31.3 Å². The third kappa shape index (κ3) is 3.61. The van der Waals surface area contributed by atoms with E-state index < -0.39 is 0 Å². The van der Waals surface area contributed by atoms with Crippen LogP contribution >= 0.6 is 11.6 Å². The molecular formula is C15H21ClFNO. The fourth-order valence-corrected chi connectivity index (χ4v) is 2.72. The smallest absolute Gasteiger partial charge is 0.123 e. The summed E-state index contributed by atoms with van der Waals surface area (Å²) in [5.41, 5.74) is 1.89. The van der Waals surface area contributed by atoms with E-state index in [9.17, 15) is 4.39 Å². The summed E-state index contributed by atoms with van der Waals surface area (Å²) in [4.78, 5) is 2.30. The summed E-state index contributed by atoms with van der Waals surface area (Å²) in [6.07, 6.45) is 2.56. The molecule has 1 aliphatic rings. The minimum atomic E-state index is -0.231. The van der Waals surface area contributed by atoms with Crippen molar-refractivity contribution in [3.05, 3.63) is 29.6 Å². The van der Waals surface area contributed by atoms with Gasteiger partial charge in [-0.15, -0.1) is 11.6 Å². The van der Waals surface area contributed by atoms with Crippen molar-refractivity contribution in [2.75, 3.05) is 25.2 Å². The Morgan fingerprint density at radius 1 is 1.47 bits per heavy atom. The van der Waals surface area contributed by atoms with E-state index in [4.69, 9.17) is 16.3 Å². The number of halogens is 2. The second-order valence-electron chi connectivity index (χ2n) is 5.17. The fraction of sp³-hybridized carbons (Fsp3) is 0.600.